The smallest absolute Gasteiger partial charge is 0.306 e. The normalized spacial score (nSPS) is 12.4. The largest absolute Gasteiger partial charge is 0.481 e. The zero-order chi connectivity index (χ0) is 11.3. The van der Waals surface area contributed by atoms with Crippen molar-refractivity contribution in [2.45, 2.75) is 19.8 Å². The van der Waals surface area contributed by atoms with Gasteiger partial charge in [-0.2, -0.15) is 0 Å². The number of hydrogen-bond donors (Lipinski definition) is 1. The van der Waals surface area contributed by atoms with Crippen molar-refractivity contribution < 1.29 is 9.90 Å². The van der Waals surface area contributed by atoms with Gasteiger partial charge in [-0.25, -0.2) is 0 Å². The summed E-state index contributed by atoms with van der Waals surface area (Å²) in [6.45, 7) is 1.74. The maximum absolute atomic E-state index is 10.7. The van der Waals surface area contributed by atoms with E-state index in [2.05, 4.69) is 28.1 Å². The van der Waals surface area contributed by atoms with Crippen molar-refractivity contribution in [3.63, 3.8) is 0 Å². The lowest BCUT2D eigenvalue weighted by Gasteiger charge is -2.07. The number of alkyl halides is 1. The van der Waals surface area contributed by atoms with Gasteiger partial charge >= 0.3 is 5.97 Å². The Morgan fingerprint density at radius 1 is 1.47 bits per heavy atom. The molecule has 0 radical (unpaired) electrons. The van der Waals surface area contributed by atoms with Crippen LogP contribution in [-0.4, -0.2) is 16.4 Å². The minimum absolute atomic E-state index is 0.316. The number of carboxylic acids is 1. The lowest BCUT2D eigenvalue weighted by molar-refractivity contribution is -0.141. The molecule has 0 aliphatic carbocycles. The molecule has 0 spiro atoms. The Balaban J connectivity index is 2.68. The summed E-state index contributed by atoms with van der Waals surface area (Å²) in [5.41, 5.74) is 2.35. The fourth-order valence-corrected chi connectivity index (χ4v) is 1.92. The van der Waals surface area contributed by atoms with E-state index in [1.54, 1.807) is 6.92 Å². The molecule has 3 heteroatoms. The molecule has 1 atom stereocenters. The standard InChI is InChI=1S/C12H15BrO2/c1-9(12(14)15)7-11-4-2-3-10(8-11)5-6-13/h2-4,8-9H,5-7H2,1H3,(H,14,15). The maximum Gasteiger partial charge on any atom is 0.306 e. The first-order valence-corrected chi connectivity index (χ1v) is 6.12. The van der Waals surface area contributed by atoms with Crippen molar-refractivity contribution >= 4 is 21.9 Å². The van der Waals surface area contributed by atoms with Crippen LogP contribution < -0.4 is 0 Å². The van der Waals surface area contributed by atoms with Crippen LogP contribution >= 0.6 is 15.9 Å². The first-order chi connectivity index (χ1) is 7.13. The van der Waals surface area contributed by atoms with Gasteiger partial charge in [-0.05, 0) is 24.0 Å². The Morgan fingerprint density at radius 2 is 2.13 bits per heavy atom. The van der Waals surface area contributed by atoms with E-state index in [1.807, 2.05) is 12.1 Å². The van der Waals surface area contributed by atoms with E-state index in [-0.39, 0.29) is 5.92 Å². The minimum atomic E-state index is -0.735. The highest BCUT2D eigenvalue weighted by Gasteiger charge is 2.11. The van der Waals surface area contributed by atoms with Crippen LogP contribution in [0, 0.1) is 5.92 Å². The molecule has 0 aliphatic rings. The Morgan fingerprint density at radius 3 is 2.73 bits per heavy atom. The molecule has 82 valence electrons. The molecule has 0 aliphatic heterocycles. The number of aryl methyl sites for hydroxylation is 1. The average molecular weight is 271 g/mol. The van der Waals surface area contributed by atoms with Gasteiger partial charge in [0.05, 0.1) is 5.92 Å². The molecule has 1 N–H and O–H groups in total. The van der Waals surface area contributed by atoms with Gasteiger partial charge in [-0.1, -0.05) is 47.1 Å². The third-order valence-electron chi connectivity index (χ3n) is 2.34. The van der Waals surface area contributed by atoms with Crippen LogP contribution in [0.1, 0.15) is 18.1 Å². The highest BCUT2D eigenvalue weighted by Crippen LogP contribution is 2.12. The molecule has 1 rings (SSSR count). The molecule has 0 aromatic heterocycles. The third kappa shape index (κ3) is 4.04. The highest BCUT2D eigenvalue weighted by molar-refractivity contribution is 9.09. The number of aliphatic carboxylic acids is 1. The van der Waals surface area contributed by atoms with E-state index in [9.17, 15) is 4.79 Å². The van der Waals surface area contributed by atoms with Crippen LogP contribution in [-0.2, 0) is 17.6 Å². The van der Waals surface area contributed by atoms with E-state index in [4.69, 9.17) is 5.11 Å². The first-order valence-electron chi connectivity index (χ1n) is 5.00. The number of benzene rings is 1. The van der Waals surface area contributed by atoms with Gasteiger partial charge in [-0.15, -0.1) is 0 Å². The van der Waals surface area contributed by atoms with Crippen LogP contribution in [0.2, 0.25) is 0 Å². The van der Waals surface area contributed by atoms with Crippen molar-refractivity contribution in [3.8, 4) is 0 Å². The second-order valence-corrected chi connectivity index (χ2v) is 4.50. The summed E-state index contributed by atoms with van der Waals surface area (Å²) in [4.78, 5) is 10.7. The molecule has 0 heterocycles. The van der Waals surface area contributed by atoms with Crippen LogP contribution in [0.3, 0.4) is 0 Å². The van der Waals surface area contributed by atoms with E-state index < -0.39 is 5.97 Å². The Labute approximate surface area is 98.4 Å². The summed E-state index contributed by atoms with van der Waals surface area (Å²) in [5.74, 6) is -1.05. The molecule has 0 fully saturated rings. The molecule has 0 amide bonds. The summed E-state index contributed by atoms with van der Waals surface area (Å²) in [6, 6.07) is 8.12. The van der Waals surface area contributed by atoms with Gasteiger partial charge in [0.15, 0.2) is 0 Å². The Kier molecular flexibility index (Phi) is 4.82. The number of carboxylic acid groups (broad SMARTS) is 1. The molecule has 0 bridgehead atoms. The SMILES string of the molecule is CC(Cc1cccc(CCBr)c1)C(=O)O. The number of rotatable bonds is 5. The fraction of sp³-hybridized carbons (Fsp3) is 0.417. The van der Waals surface area contributed by atoms with Crippen molar-refractivity contribution in [2.75, 3.05) is 5.33 Å². The lowest BCUT2D eigenvalue weighted by atomic mass is 9.99. The zero-order valence-electron chi connectivity index (χ0n) is 8.74. The van der Waals surface area contributed by atoms with Crippen molar-refractivity contribution in [1.82, 2.24) is 0 Å². The monoisotopic (exact) mass is 270 g/mol. The summed E-state index contributed by atoms with van der Waals surface area (Å²) in [7, 11) is 0. The number of halogens is 1. The number of carbonyl (C=O) groups is 1. The molecule has 1 aromatic rings. The Hall–Kier alpha value is -0.830. The maximum atomic E-state index is 10.7. The van der Waals surface area contributed by atoms with Crippen LogP contribution in [0.25, 0.3) is 0 Å². The van der Waals surface area contributed by atoms with Gasteiger partial charge < -0.3 is 5.11 Å². The van der Waals surface area contributed by atoms with Crippen LogP contribution in [0.4, 0.5) is 0 Å². The first kappa shape index (κ1) is 12.2. The topological polar surface area (TPSA) is 37.3 Å². The second kappa shape index (κ2) is 5.91. The molecule has 2 nitrogen and oxygen atoms in total. The molecular weight excluding hydrogens is 256 g/mol. The van der Waals surface area contributed by atoms with Gasteiger partial charge in [-0.3, -0.25) is 4.79 Å². The fourth-order valence-electron chi connectivity index (χ4n) is 1.46. The van der Waals surface area contributed by atoms with Gasteiger partial charge in [0.2, 0.25) is 0 Å². The molecule has 0 saturated carbocycles. The van der Waals surface area contributed by atoms with Gasteiger partial charge in [0, 0.05) is 5.33 Å². The van der Waals surface area contributed by atoms with Crippen molar-refractivity contribution in [1.29, 1.82) is 0 Å². The molecule has 1 unspecified atom stereocenters. The second-order valence-electron chi connectivity index (χ2n) is 3.70. The van der Waals surface area contributed by atoms with Crippen LogP contribution in [0.15, 0.2) is 24.3 Å². The predicted octanol–water partition coefficient (Wildman–Crippen LogP) is 2.89. The summed E-state index contributed by atoms with van der Waals surface area (Å²) in [5, 5.41) is 9.74. The number of hydrogen-bond acceptors (Lipinski definition) is 1. The van der Waals surface area contributed by atoms with E-state index in [0.29, 0.717) is 6.42 Å². The predicted molar refractivity (Wildman–Crippen MR) is 64.4 cm³/mol. The quantitative estimate of drug-likeness (QED) is 0.836. The third-order valence-corrected chi connectivity index (χ3v) is 2.73. The Bertz CT molecular complexity index is 336. The summed E-state index contributed by atoms with van der Waals surface area (Å²) < 4.78 is 0. The van der Waals surface area contributed by atoms with Crippen molar-refractivity contribution in [3.05, 3.63) is 35.4 Å². The summed E-state index contributed by atoms with van der Waals surface area (Å²) >= 11 is 3.39. The van der Waals surface area contributed by atoms with E-state index in [1.165, 1.54) is 5.56 Å². The molecule has 1 aromatic carbocycles. The molecule has 0 saturated heterocycles. The van der Waals surface area contributed by atoms with Gasteiger partial charge in [0.25, 0.3) is 0 Å². The lowest BCUT2D eigenvalue weighted by Crippen LogP contribution is -2.12. The van der Waals surface area contributed by atoms with Crippen LogP contribution in [0.5, 0.6) is 0 Å². The van der Waals surface area contributed by atoms with Gasteiger partial charge in [0.1, 0.15) is 0 Å². The molecular formula is C12H15BrO2. The molecule has 15 heavy (non-hydrogen) atoms. The highest BCUT2D eigenvalue weighted by atomic mass is 79.9. The zero-order valence-corrected chi connectivity index (χ0v) is 10.3. The summed E-state index contributed by atoms with van der Waals surface area (Å²) in [6.07, 6.45) is 1.58. The van der Waals surface area contributed by atoms with Crippen molar-refractivity contribution in [2.24, 2.45) is 5.92 Å². The van der Waals surface area contributed by atoms with E-state index >= 15 is 0 Å². The van der Waals surface area contributed by atoms with E-state index in [0.717, 1.165) is 17.3 Å². The minimum Gasteiger partial charge on any atom is -0.481 e. The average Bonchev–Trinajstić information content (AvgIpc) is 2.18.